The molecule has 0 atom stereocenters. The lowest BCUT2D eigenvalue weighted by molar-refractivity contribution is -0.115. The molecule has 0 fully saturated rings. The Morgan fingerprint density at radius 3 is 2.48 bits per heavy atom. The summed E-state index contributed by atoms with van der Waals surface area (Å²) < 4.78 is 38.9. The normalized spacial score (nSPS) is 11.9. The van der Waals surface area contributed by atoms with Crippen molar-refractivity contribution in [1.29, 1.82) is 0 Å². The molecule has 0 aliphatic heterocycles. The van der Waals surface area contributed by atoms with Gasteiger partial charge in [0.2, 0.25) is 0 Å². The fourth-order valence-electron chi connectivity index (χ4n) is 2.04. The zero-order valence-electron chi connectivity index (χ0n) is 11.3. The zero-order chi connectivity index (χ0) is 16.6. The van der Waals surface area contributed by atoms with Gasteiger partial charge in [0.1, 0.15) is 23.8 Å². The second-order valence-electron chi connectivity index (χ2n) is 4.57. The summed E-state index contributed by atoms with van der Waals surface area (Å²) in [6.45, 7) is -1.25. The highest BCUT2D eigenvalue weighted by atomic mass is 35.5. The van der Waals surface area contributed by atoms with Crippen LogP contribution < -0.4 is 5.32 Å². The fraction of sp³-hybridized carbons (Fsp3) is 0.154. The molecule has 5 nitrogen and oxygen atoms in total. The molecule has 0 aliphatic rings. The van der Waals surface area contributed by atoms with E-state index >= 15 is 0 Å². The summed E-state index contributed by atoms with van der Waals surface area (Å²) in [5, 5.41) is 6.71. The lowest BCUT2D eigenvalue weighted by atomic mass is 10.1. The molecule has 1 aromatic carbocycles. The molecule has 1 N–H and O–H groups in total. The van der Waals surface area contributed by atoms with Crippen LogP contribution in [0.4, 0.5) is 19.0 Å². The third-order valence-corrected chi connectivity index (χ3v) is 3.50. The third-order valence-electron chi connectivity index (χ3n) is 2.97. The van der Waals surface area contributed by atoms with Crippen LogP contribution in [0.1, 0.15) is 0 Å². The Morgan fingerprint density at radius 2 is 1.83 bits per heavy atom. The molecule has 2 heterocycles. The topological polar surface area (TPSA) is 55.1 Å². The second kappa shape index (κ2) is 5.86. The highest BCUT2D eigenvalue weighted by molar-refractivity contribution is 6.33. The maximum atomic E-state index is 12.6. The van der Waals surface area contributed by atoms with E-state index in [0.29, 0.717) is 10.6 Å². The van der Waals surface area contributed by atoms with Gasteiger partial charge in [-0.15, -0.1) is 0 Å². The van der Waals surface area contributed by atoms with Gasteiger partial charge >= 0.3 is 6.18 Å². The van der Waals surface area contributed by atoms with E-state index in [4.69, 9.17) is 23.2 Å². The Hall–Kier alpha value is -2.06. The summed E-state index contributed by atoms with van der Waals surface area (Å²) in [6, 6.07) is 6.47. The van der Waals surface area contributed by atoms with Gasteiger partial charge < -0.3 is 5.32 Å². The Kier molecular flexibility index (Phi) is 4.03. The molecule has 10 heteroatoms. The number of nitrogens with one attached hydrogen (secondary N) is 1. The number of rotatable bonds is 3. The summed E-state index contributed by atoms with van der Waals surface area (Å²) in [5.74, 6) is 0.148. The van der Waals surface area contributed by atoms with Crippen molar-refractivity contribution in [2.24, 2.45) is 0 Å². The number of nitrogens with zero attached hydrogens (tertiary/aromatic N) is 4. The summed E-state index contributed by atoms with van der Waals surface area (Å²) in [6.07, 6.45) is -3.22. The second-order valence-corrected chi connectivity index (χ2v) is 5.37. The first kappa shape index (κ1) is 15.8. The maximum absolute atomic E-state index is 12.6. The van der Waals surface area contributed by atoms with Crippen molar-refractivity contribution in [2.45, 2.75) is 6.18 Å². The van der Waals surface area contributed by atoms with E-state index in [1.807, 2.05) is 0 Å². The molecule has 0 bridgehead atoms. The van der Waals surface area contributed by atoms with Gasteiger partial charge in [-0.25, -0.2) is 0 Å². The predicted molar refractivity (Wildman–Crippen MR) is 80.8 cm³/mol. The summed E-state index contributed by atoms with van der Waals surface area (Å²) in [7, 11) is 0. The van der Waals surface area contributed by atoms with Gasteiger partial charge in [-0.05, 0) is 17.7 Å². The molecule has 0 saturated carbocycles. The van der Waals surface area contributed by atoms with Gasteiger partial charge in [-0.2, -0.15) is 32.8 Å². The Balaban J connectivity index is 2.18. The van der Waals surface area contributed by atoms with Crippen LogP contribution >= 0.6 is 23.2 Å². The molecule has 0 spiro atoms. The molecule has 0 saturated heterocycles. The lowest BCUT2D eigenvalue weighted by Crippen LogP contribution is -2.23. The first-order chi connectivity index (χ1) is 10.8. The number of hydrogen-bond acceptors (Lipinski definition) is 4. The van der Waals surface area contributed by atoms with E-state index in [0.717, 1.165) is 0 Å². The SMILES string of the molecule is FC(F)(F)CNc1c(-c2ccc(Cl)cc2)c(Cl)nc2ncnn12. The summed E-state index contributed by atoms with van der Waals surface area (Å²) in [4.78, 5) is 7.89. The molecule has 23 heavy (non-hydrogen) atoms. The summed E-state index contributed by atoms with van der Waals surface area (Å²) in [5.41, 5.74) is 0.833. The fourth-order valence-corrected chi connectivity index (χ4v) is 2.44. The molecule has 0 radical (unpaired) electrons. The molecule has 3 rings (SSSR count). The van der Waals surface area contributed by atoms with Gasteiger partial charge in [0, 0.05) is 5.02 Å². The van der Waals surface area contributed by atoms with Crippen molar-refractivity contribution in [3.05, 3.63) is 40.8 Å². The van der Waals surface area contributed by atoms with Crippen LogP contribution in [0.5, 0.6) is 0 Å². The standard InChI is InChI=1S/C13H8Cl2F3N5/c14-8-3-1-7(2-4-8)9-10(15)22-12-20-6-21-23(12)11(9)19-5-13(16,17)18/h1-4,6,19H,5H2. The minimum Gasteiger partial charge on any atom is -0.360 e. The third kappa shape index (κ3) is 3.32. The highest BCUT2D eigenvalue weighted by Crippen LogP contribution is 2.35. The number of anilines is 1. The first-order valence-corrected chi connectivity index (χ1v) is 7.06. The molecule has 2 aromatic heterocycles. The minimum absolute atomic E-state index is 0.0116. The van der Waals surface area contributed by atoms with Crippen molar-refractivity contribution in [3.63, 3.8) is 0 Å². The number of aromatic nitrogens is 4. The van der Waals surface area contributed by atoms with Crippen LogP contribution in [0, 0.1) is 0 Å². The molecular weight excluding hydrogens is 354 g/mol. The van der Waals surface area contributed by atoms with Crippen molar-refractivity contribution in [1.82, 2.24) is 19.6 Å². The molecule has 0 aliphatic carbocycles. The molecular formula is C13H8Cl2F3N5. The number of fused-ring (bicyclic) bond motifs is 1. The van der Waals surface area contributed by atoms with E-state index < -0.39 is 12.7 Å². The number of benzene rings is 1. The van der Waals surface area contributed by atoms with Crippen LogP contribution in [0.15, 0.2) is 30.6 Å². The van der Waals surface area contributed by atoms with Gasteiger partial charge in [0.15, 0.2) is 0 Å². The smallest absolute Gasteiger partial charge is 0.360 e. The van der Waals surface area contributed by atoms with Gasteiger partial charge in [-0.1, -0.05) is 35.3 Å². The quantitative estimate of drug-likeness (QED) is 0.714. The lowest BCUT2D eigenvalue weighted by Gasteiger charge is -2.15. The van der Waals surface area contributed by atoms with E-state index in [-0.39, 0.29) is 22.3 Å². The molecule has 0 amide bonds. The largest absolute Gasteiger partial charge is 0.405 e. The first-order valence-electron chi connectivity index (χ1n) is 6.31. The van der Waals surface area contributed by atoms with Crippen LogP contribution in [0.25, 0.3) is 16.9 Å². The van der Waals surface area contributed by atoms with Crippen LogP contribution in [0.2, 0.25) is 10.2 Å². The molecule has 0 unspecified atom stereocenters. The number of halogens is 5. The Bertz CT molecular complexity index is 845. The van der Waals surface area contributed by atoms with E-state index in [9.17, 15) is 13.2 Å². The van der Waals surface area contributed by atoms with Crippen molar-refractivity contribution in [2.75, 3.05) is 11.9 Å². The minimum atomic E-state index is -4.40. The van der Waals surface area contributed by atoms with Gasteiger partial charge in [-0.3, -0.25) is 0 Å². The van der Waals surface area contributed by atoms with Gasteiger partial charge in [0.25, 0.3) is 5.78 Å². The van der Waals surface area contributed by atoms with E-state index in [1.165, 1.54) is 10.8 Å². The Labute approximate surface area is 138 Å². The Morgan fingerprint density at radius 1 is 1.13 bits per heavy atom. The zero-order valence-corrected chi connectivity index (χ0v) is 12.8. The average molecular weight is 362 g/mol. The van der Waals surface area contributed by atoms with Crippen molar-refractivity contribution in [3.8, 4) is 11.1 Å². The number of alkyl halides is 3. The molecule has 3 aromatic rings. The van der Waals surface area contributed by atoms with Gasteiger partial charge in [0.05, 0.1) is 5.56 Å². The summed E-state index contributed by atoms with van der Waals surface area (Å²) >= 11 is 12.0. The highest BCUT2D eigenvalue weighted by Gasteiger charge is 2.28. The monoisotopic (exact) mass is 361 g/mol. The van der Waals surface area contributed by atoms with Crippen LogP contribution in [-0.2, 0) is 0 Å². The maximum Gasteiger partial charge on any atom is 0.405 e. The van der Waals surface area contributed by atoms with Crippen molar-refractivity contribution >= 4 is 34.8 Å². The number of hydrogen-bond donors (Lipinski definition) is 1. The predicted octanol–water partition coefficient (Wildman–Crippen LogP) is 4.07. The van der Waals surface area contributed by atoms with Crippen molar-refractivity contribution < 1.29 is 13.2 Å². The van der Waals surface area contributed by atoms with E-state index in [1.54, 1.807) is 24.3 Å². The van der Waals surface area contributed by atoms with Crippen LogP contribution in [0.3, 0.4) is 0 Å². The van der Waals surface area contributed by atoms with Crippen LogP contribution in [-0.4, -0.2) is 32.3 Å². The van der Waals surface area contributed by atoms with E-state index in [2.05, 4.69) is 20.4 Å². The molecule has 120 valence electrons. The average Bonchev–Trinajstić information content (AvgIpc) is 2.92.